The smallest absolute Gasteiger partial charge is 0.250 e. The van der Waals surface area contributed by atoms with Crippen LogP contribution < -0.4 is 15.4 Å². The average Bonchev–Trinajstić information content (AvgIpc) is 3.47. The summed E-state index contributed by atoms with van der Waals surface area (Å²) < 4.78 is 11.9. The Morgan fingerprint density at radius 1 is 1.14 bits per heavy atom. The van der Waals surface area contributed by atoms with E-state index in [2.05, 4.69) is 10.6 Å². The number of likely N-dealkylation sites (tertiary alicyclic amines) is 1. The molecule has 3 saturated heterocycles. The Hall–Kier alpha value is -2.65. The van der Waals surface area contributed by atoms with Crippen molar-refractivity contribution in [1.29, 1.82) is 0 Å². The zero-order valence-corrected chi connectivity index (χ0v) is 20.8. The lowest BCUT2D eigenvalue weighted by Crippen LogP contribution is -2.53. The molecule has 1 aromatic rings. The molecule has 1 spiro atoms. The lowest BCUT2D eigenvalue weighted by atomic mass is 9.65. The highest BCUT2D eigenvalue weighted by Crippen LogP contribution is 2.64. The Bertz CT molecular complexity index is 953. The van der Waals surface area contributed by atoms with E-state index >= 15 is 0 Å². The van der Waals surface area contributed by atoms with Gasteiger partial charge in [0.2, 0.25) is 17.7 Å². The van der Waals surface area contributed by atoms with E-state index in [4.69, 9.17) is 14.6 Å². The second-order valence-electron chi connectivity index (χ2n) is 9.83. The lowest BCUT2D eigenvalue weighted by Gasteiger charge is -2.33. The van der Waals surface area contributed by atoms with Gasteiger partial charge in [0.05, 0.1) is 24.5 Å². The average molecular weight is 488 g/mol. The van der Waals surface area contributed by atoms with Crippen LogP contribution in [0, 0.1) is 11.8 Å². The van der Waals surface area contributed by atoms with Crippen LogP contribution >= 0.6 is 0 Å². The Morgan fingerprint density at radius 2 is 1.86 bits per heavy atom. The monoisotopic (exact) mass is 487 g/mol. The van der Waals surface area contributed by atoms with E-state index in [0.29, 0.717) is 50.1 Å². The van der Waals surface area contributed by atoms with Gasteiger partial charge in [0.1, 0.15) is 17.4 Å². The van der Waals surface area contributed by atoms with Gasteiger partial charge in [-0.2, -0.15) is 0 Å². The summed E-state index contributed by atoms with van der Waals surface area (Å²) in [4.78, 5) is 42.3. The molecule has 3 N–H and O–H groups in total. The number of amides is 3. The molecule has 1 aromatic carbocycles. The number of aliphatic hydroxyl groups excluding tert-OH is 1. The maximum atomic E-state index is 13.9. The van der Waals surface area contributed by atoms with Crippen molar-refractivity contribution in [3.63, 3.8) is 0 Å². The van der Waals surface area contributed by atoms with Gasteiger partial charge >= 0.3 is 0 Å². The fourth-order valence-corrected chi connectivity index (χ4v) is 6.45. The Labute approximate surface area is 206 Å². The van der Waals surface area contributed by atoms with E-state index in [1.54, 1.807) is 43.3 Å². The first-order valence-corrected chi connectivity index (χ1v) is 12.7. The van der Waals surface area contributed by atoms with Gasteiger partial charge in [0.25, 0.3) is 0 Å². The molecule has 2 bridgehead atoms. The van der Waals surface area contributed by atoms with E-state index in [0.717, 1.165) is 12.8 Å². The predicted molar refractivity (Wildman–Crippen MR) is 130 cm³/mol. The molecule has 4 rings (SSSR count). The summed E-state index contributed by atoms with van der Waals surface area (Å²) >= 11 is 0. The summed E-state index contributed by atoms with van der Waals surface area (Å²) in [6.45, 7) is 2.53. The molecule has 3 amide bonds. The number of aliphatic hydroxyl groups is 1. The summed E-state index contributed by atoms with van der Waals surface area (Å²) in [6.07, 6.45) is 4.92. The summed E-state index contributed by atoms with van der Waals surface area (Å²) in [6, 6.07) is 6.23. The Morgan fingerprint density at radius 3 is 2.49 bits per heavy atom. The first kappa shape index (κ1) is 25.4. The molecule has 0 saturated carbocycles. The standard InChI is InChI=1S/C26H37N3O6/c1-4-25-13-14-26(35-25)20(19(25)22(31)27-2)24(33)29(15-7-5-6-8-16-30)21(26)23(32)28-17-9-11-18(34-3)12-10-17/h9-12,19-21,30H,4-8,13-16H2,1-3H3,(H,27,31)(H,28,32)/t19-,20-,21?,25+,26?/m0/s1. The molecule has 3 aliphatic heterocycles. The highest BCUT2D eigenvalue weighted by atomic mass is 16.5. The minimum absolute atomic E-state index is 0.140. The highest BCUT2D eigenvalue weighted by Gasteiger charge is 2.78. The fourth-order valence-electron chi connectivity index (χ4n) is 6.45. The lowest BCUT2D eigenvalue weighted by molar-refractivity contribution is -0.145. The van der Waals surface area contributed by atoms with Crippen LogP contribution in [0.25, 0.3) is 0 Å². The molecule has 2 unspecified atom stereocenters. The van der Waals surface area contributed by atoms with E-state index in [1.165, 1.54) is 0 Å². The molecule has 9 heteroatoms. The summed E-state index contributed by atoms with van der Waals surface area (Å²) in [5.41, 5.74) is -1.15. The highest BCUT2D eigenvalue weighted by molar-refractivity contribution is 6.03. The first-order valence-electron chi connectivity index (χ1n) is 12.7. The molecule has 192 valence electrons. The molecule has 3 fully saturated rings. The Balaban J connectivity index is 1.65. The molecule has 9 nitrogen and oxygen atoms in total. The number of anilines is 1. The van der Waals surface area contributed by atoms with Gasteiger partial charge in [0, 0.05) is 25.9 Å². The van der Waals surface area contributed by atoms with E-state index in [-0.39, 0.29) is 24.3 Å². The number of nitrogens with zero attached hydrogens (tertiary/aromatic N) is 1. The molecule has 35 heavy (non-hydrogen) atoms. The van der Waals surface area contributed by atoms with Crippen LogP contribution in [-0.4, -0.2) is 72.3 Å². The van der Waals surface area contributed by atoms with Gasteiger partial charge in [-0.3, -0.25) is 14.4 Å². The van der Waals surface area contributed by atoms with Crippen LogP contribution in [0.15, 0.2) is 24.3 Å². The first-order chi connectivity index (χ1) is 16.9. The molecule has 3 heterocycles. The van der Waals surface area contributed by atoms with Crippen molar-refractivity contribution in [1.82, 2.24) is 10.2 Å². The van der Waals surface area contributed by atoms with Crippen LogP contribution in [-0.2, 0) is 19.1 Å². The van der Waals surface area contributed by atoms with E-state index < -0.39 is 29.1 Å². The third-order valence-corrected chi connectivity index (χ3v) is 8.12. The largest absolute Gasteiger partial charge is 0.497 e. The second-order valence-corrected chi connectivity index (χ2v) is 9.83. The van der Waals surface area contributed by atoms with Crippen molar-refractivity contribution < 1.29 is 29.0 Å². The number of fused-ring (bicyclic) bond motifs is 1. The summed E-state index contributed by atoms with van der Waals surface area (Å²) in [7, 11) is 3.16. The topological polar surface area (TPSA) is 117 Å². The normalized spacial score (nSPS) is 30.9. The van der Waals surface area contributed by atoms with Crippen LogP contribution in [0.2, 0.25) is 0 Å². The van der Waals surface area contributed by atoms with Crippen LogP contribution in [0.5, 0.6) is 5.75 Å². The van der Waals surface area contributed by atoms with Gasteiger partial charge in [-0.1, -0.05) is 19.8 Å². The van der Waals surface area contributed by atoms with Crippen molar-refractivity contribution >= 4 is 23.4 Å². The van der Waals surface area contributed by atoms with Crippen LogP contribution in [0.4, 0.5) is 5.69 Å². The predicted octanol–water partition coefficient (Wildman–Crippen LogP) is 2.09. The van der Waals surface area contributed by atoms with Gasteiger partial charge in [-0.25, -0.2) is 0 Å². The third kappa shape index (κ3) is 4.18. The van der Waals surface area contributed by atoms with Gasteiger partial charge in [-0.15, -0.1) is 0 Å². The second kappa shape index (κ2) is 10.1. The minimum Gasteiger partial charge on any atom is -0.497 e. The molecule has 0 radical (unpaired) electrons. The zero-order valence-electron chi connectivity index (χ0n) is 20.8. The van der Waals surface area contributed by atoms with Gasteiger partial charge in [-0.05, 0) is 56.4 Å². The van der Waals surface area contributed by atoms with Gasteiger partial charge < -0.3 is 30.1 Å². The number of methoxy groups -OCH3 is 1. The number of benzene rings is 1. The molecule has 5 atom stereocenters. The molecular weight excluding hydrogens is 450 g/mol. The summed E-state index contributed by atoms with van der Waals surface area (Å²) in [5, 5.41) is 14.8. The van der Waals surface area contributed by atoms with Crippen molar-refractivity contribution in [2.75, 3.05) is 32.6 Å². The molecule has 0 aromatic heterocycles. The third-order valence-electron chi connectivity index (χ3n) is 8.12. The number of carbonyl (C=O) groups is 3. The molecule has 0 aliphatic carbocycles. The fraction of sp³-hybridized carbons (Fsp3) is 0.654. The Kier molecular flexibility index (Phi) is 7.38. The maximum Gasteiger partial charge on any atom is 0.250 e. The van der Waals surface area contributed by atoms with Crippen molar-refractivity contribution in [2.45, 2.75) is 69.1 Å². The number of carbonyl (C=O) groups excluding carboxylic acids is 3. The molecule has 3 aliphatic rings. The van der Waals surface area contributed by atoms with Crippen molar-refractivity contribution in [3.05, 3.63) is 24.3 Å². The number of ether oxygens (including phenoxy) is 2. The van der Waals surface area contributed by atoms with E-state index in [9.17, 15) is 14.4 Å². The van der Waals surface area contributed by atoms with Crippen molar-refractivity contribution in [2.24, 2.45) is 11.8 Å². The minimum atomic E-state index is -1.02. The zero-order chi connectivity index (χ0) is 25.2. The molecular formula is C26H37N3O6. The quantitative estimate of drug-likeness (QED) is 0.412. The number of unbranched alkanes of at least 4 members (excludes halogenated alkanes) is 3. The number of rotatable bonds is 11. The number of hydrogen-bond donors (Lipinski definition) is 3. The number of hydrogen-bond acceptors (Lipinski definition) is 6. The number of nitrogens with one attached hydrogen (secondary N) is 2. The van der Waals surface area contributed by atoms with Crippen molar-refractivity contribution in [3.8, 4) is 5.75 Å². The summed E-state index contributed by atoms with van der Waals surface area (Å²) in [5.74, 6) is -1.30. The SMILES string of the molecule is CC[C@]12CCC3(O1)C(C(=O)Nc1ccc(OC)cc1)N(CCCCCCO)C(=O)[C@@H]3[C@H]2C(=O)NC. The maximum absolute atomic E-state index is 13.9. The van der Waals surface area contributed by atoms with Crippen LogP contribution in [0.3, 0.4) is 0 Å². The van der Waals surface area contributed by atoms with E-state index in [1.807, 2.05) is 6.92 Å². The van der Waals surface area contributed by atoms with Gasteiger partial charge in [0.15, 0.2) is 0 Å². The van der Waals surface area contributed by atoms with Crippen LogP contribution in [0.1, 0.15) is 51.9 Å².